The predicted octanol–water partition coefficient (Wildman–Crippen LogP) is 4.50. The van der Waals surface area contributed by atoms with Crippen LogP contribution < -0.4 is 15.4 Å². The van der Waals surface area contributed by atoms with Crippen LogP contribution in [0.3, 0.4) is 0 Å². The van der Waals surface area contributed by atoms with E-state index in [9.17, 15) is 9.59 Å². The van der Waals surface area contributed by atoms with E-state index >= 15 is 0 Å². The summed E-state index contributed by atoms with van der Waals surface area (Å²) in [6.07, 6.45) is 0.850. The Balaban J connectivity index is 1.96. The fourth-order valence-electron chi connectivity index (χ4n) is 2.48. The first kappa shape index (κ1) is 20.8. The van der Waals surface area contributed by atoms with Crippen molar-refractivity contribution in [1.29, 1.82) is 0 Å². The van der Waals surface area contributed by atoms with E-state index in [0.717, 1.165) is 17.5 Å². The van der Waals surface area contributed by atoms with Crippen LogP contribution in [0.1, 0.15) is 41.8 Å². The number of amides is 2. The molecule has 27 heavy (non-hydrogen) atoms. The van der Waals surface area contributed by atoms with Crippen LogP contribution in [0.4, 0.5) is 5.69 Å². The van der Waals surface area contributed by atoms with Gasteiger partial charge in [0.05, 0.1) is 0 Å². The molecule has 2 aromatic rings. The molecular weight excluding hydrogens is 364 g/mol. The maximum absolute atomic E-state index is 12.2. The molecule has 144 valence electrons. The summed E-state index contributed by atoms with van der Waals surface area (Å²) in [6, 6.07) is 10.5. The topological polar surface area (TPSA) is 67.4 Å². The molecule has 0 aliphatic rings. The van der Waals surface area contributed by atoms with Gasteiger partial charge in [0.2, 0.25) is 0 Å². The third kappa shape index (κ3) is 6.00. The second-order valence-corrected chi connectivity index (χ2v) is 6.95. The molecule has 2 N–H and O–H groups in total. The average Bonchev–Trinajstić information content (AvgIpc) is 2.64. The third-order valence-electron chi connectivity index (χ3n) is 4.18. The number of benzene rings is 2. The lowest BCUT2D eigenvalue weighted by Gasteiger charge is -2.13. The Morgan fingerprint density at radius 3 is 2.44 bits per heavy atom. The van der Waals surface area contributed by atoms with Crippen molar-refractivity contribution in [3.05, 3.63) is 58.1 Å². The highest BCUT2D eigenvalue weighted by Gasteiger charge is 2.11. The predicted molar refractivity (Wildman–Crippen MR) is 109 cm³/mol. The van der Waals surface area contributed by atoms with Gasteiger partial charge in [-0.05, 0) is 68.7 Å². The molecule has 0 spiro atoms. The zero-order valence-corrected chi connectivity index (χ0v) is 16.8. The Morgan fingerprint density at radius 1 is 1.15 bits per heavy atom. The van der Waals surface area contributed by atoms with E-state index in [0.29, 0.717) is 22.0 Å². The lowest BCUT2D eigenvalue weighted by atomic mass is 10.1. The fourth-order valence-corrected chi connectivity index (χ4v) is 2.59. The van der Waals surface area contributed by atoms with Crippen LogP contribution in [-0.4, -0.2) is 24.5 Å². The van der Waals surface area contributed by atoms with Crippen molar-refractivity contribution in [3.63, 3.8) is 0 Å². The van der Waals surface area contributed by atoms with E-state index in [1.54, 1.807) is 36.4 Å². The number of hydrogen-bond donors (Lipinski definition) is 2. The van der Waals surface area contributed by atoms with Crippen molar-refractivity contribution in [3.8, 4) is 5.75 Å². The molecule has 0 aliphatic heterocycles. The van der Waals surface area contributed by atoms with Crippen molar-refractivity contribution in [2.75, 3.05) is 11.9 Å². The van der Waals surface area contributed by atoms with Crippen molar-refractivity contribution in [2.24, 2.45) is 0 Å². The van der Waals surface area contributed by atoms with Gasteiger partial charge in [-0.2, -0.15) is 0 Å². The fraction of sp³-hybridized carbons (Fsp3) is 0.333. The quantitative estimate of drug-likeness (QED) is 0.733. The molecule has 6 heteroatoms. The molecule has 2 amide bonds. The van der Waals surface area contributed by atoms with Gasteiger partial charge in [0, 0.05) is 22.3 Å². The number of ether oxygens (including phenoxy) is 1. The van der Waals surface area contributed by atoms with Gasteiger partial charge < -0.3 is 15.4 Å². The zero-order chi connectivity index (χ0) is 20.0. The van der Waals surface area contributed by atoms with Crippen molar-refractivity contribution >= 4 is 29.1 Å². The SMILES string of the molecule is CCC(C)NC(=O)c1cccc(NC(=O)COc2cc(C)c(Cl)c(C)c2)c1. The Hall–Kier alpha value is -2.53. The number of anilines is 1. The number of nitrogens with one attached hydrogen (secondary N) is 2. The average molecular weight is 389 g/mol. The molecular formula is C21H25ClN2O3. The van der Waals surface area contributed by atoms with Crippen LogP contribution in [0, 0.1) is 13.8 Å². The standard InChI is InChI=1S/C21H25ClN2O3/c1-5-15(4)23-21(26)16-7-6-8-17(11-16)24-19(25)12-27-18-9-13(2)20(22)14(3)10-18/h6-11,15H,5,12H2,1-4H3,(H,23,26)(H,24,25). The van der Waals surface area contributed by atoms with E-state index in [4.69, 9.17) is 16.3 Å². The first-order valence-electron chi connectivity index (χ1n) is 8.90. The van der Waals surface area contributed by atoms with Crippen LogP contribution in [0.5, 0.6) is 5.75 Å². The summed E-state index contributed by atoms with van der Waals surface area (Å²) in [5.41, 5.74) is 2.83. The molecule has 0 bridgehead atoms. The first-order chi connectivity index (χ1) is 12.8. The van der Waals surface area contributed by atoms with Crippen LogP contribution in [0.25, 0.3) is 0 Å². The summed E-state index contributed by atoms with van der Waals surface area (Å²) in [7, 11) is 0. The maximum atomic E-state index is 12.2. The number of rotatable bonds is 7. The number of halogens is 1. The highest BCUT2D eigenvalue weighted by molar-refractivity contribution is 6.32. The number of hydrogen-bond acceptors (Lipinski definition) is 3. The van der Waals surface area contributed by atoms with E-state index < -0.39 is 0 Å². The van der Waals surface area contributed by atoms with E-state index in [-0.39, 0.29) is 24.5 Å². The van der Waals surface area contributed by atoms with Gasteiger partial charge in [-0.1, -0.05) is 24.6 Å². The zero-order valence-electron chi connectivity index (χ0n) is 16.1. The lowest BCUT2D eigenvalue weighted by Crippen LogP contribution is -2.32. The molecule has 0 heterocycles. The Labute approximate surface area is 165 Å². The summed E-state index contributed by atoms with van der Waals surface area (Å²) in [4.78, 5) is 24.4. The van der Waals surface area contributed by atoms with Gasteiger partial charge in [-0.3, -0.25) is 9.59 Å². The Morgan fingerprint density at radius 2 is 1.81 bits per heavy atom. The molecule has 0 aromatic heterocycles. The minimum absolute atomic E-state index is 0.0930. The van der Waals surface area contributed by atoms with Crippen LogP contribution in [-0.2, 0) is 4.79 Å². The number of aryl methyl sites for hydroxylation is 2. The molecule has 1 atom stereocenters. The Kier molecular flexibility index (Phi) is 7.25. The summed E-state index contributed by atoms with van der Waals surface area (Å²) < 4.78 is 5.55. The van der Waals surface area contributed by atoms with E-state index in [2.05, 4.69) is 10.6 Å². The Bertz CT molecular complexity index is 813. The smallest absolute Gasteiger partial charge is 0.262 e. The highest BCUT2D eigenvalue weighted by Crippen LogP contribution is 2.25. The molecule has 2 rings (SSSR count). The van der Waals surface area contributed by atoms with Gasteiger partial charge in [0.25, 0.3) is 11.8 Å². The second-order valence-electron chi connectivity index (χ2n) is 6.57. The van der Waals surface area contributed by atoms with Crippen LogP contribution >= 0.6 is 11.6 Å². The minimum atomic E-state index is -0.306. The largest absolute Gasteiger partial charge is 0.484 e. The molecule has 5 nitrogen and oxygen atoms in total. The van der Waals surface area contributed by atoms with E-state index in [1.807, 2.05) is 27.7 Å². The van der Waals surface area contributed by atoms with Crippen molar-refractivity contribution in [2.45, 2.75) is 40.2 Å². The molecule has 0 radical (unpaired) electrons. The maximum Gasteiger partial charge on any atom is 0.262 e. The first-order valence-corrected chi connectivity index (χ1v) is 9.28. The lowest BCUT2D eigenvalue weighted by molar-refractivity contribution is -0.118. The van der Waals surface area contributed by atoms with Crippen molar-refractivity contribution in [1.82, 2.24) is 5.32 Å². The molecule has 1 unspecified atom stereocenters. The normalized spacial score (nSPS) is 11.6. The van der Waals surface area contributed by atoms with Gasteiger partial charge >= 0.3 is 0 Å². The molecule has 0 saturated heterocycles. The summed E-state index contributed by atoms with van der Waals surface area (Å²) >= 11 is 6.13. The number of carbonyl (C=O) groups is 2. The molecule has 0 aliphatic carbocycles. The van der Waals surface area contributed by atoms with Gasteiger partial charge in [-0.25, -0.2) is 0 Å². The monoisotopic (exact) mass is 388 g/mol. The number of carbonyl (C=O) groups excluding carboxylic acids is 2. The highest BCUT2D eigenvalue weighted by atomic mass is 35.5. The summed E-state index contributed by atoms with van der Waals surface area (Å²) in [5.74, 6) is 0.120. The minimum Gasteiger partial charge on any atom is -0.484 e. The summed E-state index contributed by atoms with van der Waals surface area (Å²) in [6.45, 7) is 7.59. The van der Waals surface area contributed by atoms with Crippen LogP contribution in [0.2, 0.25) is 5.02 Å². The van der Waals surface area contributed by atoms with Crippen LogP contribution in [0.15, 0.2) is 36.4 Å². The van der Waals surface area contributed by atoms with E-state index in [1.165, 1.54) is 0 Å². The van der Waals surface area contributed by atoms with Gasteiger partial charge in [0.15, 0.2) is 6.61 Å². The van der Waals surface area contributed by atoms with Gasteiger partial charge in [0.1, 0.15) is 5.75 Å². The molecule has 0 fully saturated rings. The van der Waals surface area contributed by atoms with Gasteiger partial charge in [-0.15, -0.1) is 0 Å². The molecule has 2 aromatic carbocycles. The summed E-state index contributed by atoms with van der Waals surface area (Å²) in [5, 5.41) is 6.34. The third-order valence-corrected chi connectivity index (χ3v) is 4.77. The second kappa shape index (κ2) is 9.42. The van der Waals surface area contributed by atoms with Crippen molar-refractivity contribution < 1.29 is 14.3 Å². The molecule has 0 saturated carbocycles.